The van der Waals surface area contributed by atoms with E-state index in [0.29, 0.717) is 25.0 Å². The highest BCUT2D eigenvalue weighted by atomic mass is 19.4. The summed E-state index contributed by atoms with van der Waals surface area (Å²) >= 11 is 0. The summed E-state index contributed by atoms with van der Waals surface area (Å²) in [7, 11) is 1.45. The number of carbonyl (C=O) groups excluding carboxylic acids is 3. The summed E-state index contributed by atoms with van der Waals surface area (Å²) in [6.07, 6.45) is 1.92. The van der Waals surface area contributed by atoms with Gasteiger partial charge in [0.05, 0.1) is 17.7 Å². The number of amides is 2. The third kappa shape index (κ3) is 4.79. The van der Waals surface area contributed by atoms with Crippen LogP contribution >= 0.6 is 0 Å². The molecule has 1 fully saturated rings. The fraction of sp³-hybridized carbons (Fsp3) is 0.375. The number of terminal acetylenes is 1. The zero-order chi connectivity index (χ0) is 26.3. The second-order valence-corrected chi connectivity index (χ2v) is 8.47. The molecule has 2 aromatic rings. The summed E-state index contributed by atoms with van der Waals surface area (Å²) in [5.74, 6) is -2.18. The SMILES string of the molecule is C#C[C@@](CO)(NC(=O)C(=O)c1c(C)c(C(=O)Nc2ccc(F)c(C(F)(F)F)c2)n(C)c1C)C1CC1. The summed E-state index contributed by atoms with van der Waals surface area (Å²) < 4.78 is 53.9. The first-order valence-corrected chi connectivity index (χ1v) is 10.6. The van der Waals surface area contributed by atoms with Gasteiger partial charge in [0, 0.05) is 18.4 Å². The van der Waals surface area contributed by atoms with Crippen molar-refractivity contribution < 1.29 is 37.1 Å². The number of hydrogen-bond acceptors (Lipinski definition) is 4. The molecule has 11 heteroatoms. The Morgan fingerprint density at radius 1 is 1.23 bits per heavy atom. The zero-order valence-electron chi connectivity index (χ0n) is 19.1. The molecule has 0 saturated heterocycles. The largest absolute Gasteiger partial charge is 0.419 e. The Morgan fingerprint density at radius 3 is 2.37 bits per heavy atom. The van der Waals surface area contributed by atoms with Gasteiger partial charge in [-0.1, -0.05) is 5.92 Å². The van der Waals surface area contributed by atoms with E-state index in [-0.39, 0.29) is 34.1 Å². The first-order valence-electron chi connectivity index (χ1n) is 10.6. The van der Waals surface area contributed by atoms with Gasteiger partial charge in [-0.2, -0.15) is 13.2 Å². The number of nitrogens with one attached hydrogen (secondary N) is 2. The molecule has 186 valence electrons. The summed E-state index contributed by atoms with van der Waals surface area (Å²) in [6.45, 7) is 2.35. The smallest absolute Gasteiger partial charge is 0.393 e. The molecule has 1 aromatic carbocycles. The quantitative estimate of drug-likeness (QED) is 0.239. The molecular weight excluding hydrogens is 470 g/mol. The monoisotopic (exact) mass is 493 g/mol. The van der Waals surface area contributed by atoms with E-state index in [2.05, 4.69) is 16.6 Å². The number of alkyl halides is 3. The number of aliphatic hydroxyl groups is 1. The van der Waals surface area contributed by atoms with Crippen molar-refractivity contribution in [1.29, 1.82) is 0 Å². The van der Waals surface area contributed by atoms with Crippen molar-refractivity contribution >= 4 is 23.3 Å². The van der Waals surface area contributed by atoms with Crippen molar-refractivity contribution in [1.82, 2.24) is 9.88 Å². The van der Waals surface area contributed by atoms with E-state index >= 15 is 0 Å². The molecular formula is C24H23F4N3O4. The van der Waals surface area contributed by atoms with Crippen LogP contribution in [0, 0.1) is 37.9 Å². The Kier molecular flexibility index (Phi) is 6.81. The Bertz CT molecular complexity index is 1250. The fourth-order valence-corrected chi connectivity index (χ4v) is 4.06. The van der Waals surface area contributed by atoms with Crippen molar-refractivity contribution in [2.45, 2.75) is 38.4 Å². The van der Waals surface area contributed by atoms with E-state index in [0.717, 1.165) is 6.07 Å². The van der Waals surface area contributed by atoms with Crippen molar-refractivity contribution in [3.8, 4) is 12.3 Å². The molecule has 1 saturated carbocycles. The van der Waals surface area contributed by atoms with Gasteiger partial charge < -0.3 is 20.3 Å². The number of carbonyl (C=O) groups is 3. The number of aliphatic hydroxyl groups excluding tert-OH is 1. The van der Waals surface area contributed by atoms with Gasteiger partial charge in [0.15, 0.2) is 0 Å². The lowest BCUT2D eigenvalue weighted by Gasteiger charge is -2.27. The molecule has 0 aliphatic heterocycles. The van der Waals surface area contributed by atoms with E-state index < -0.39 is 47.3 Å². The van der Waals surface area contributed by atoms with Gasteiger partial charge in [-0.25, -0.2) is 4.39 Å². The molecule has 3 N–H and O–H groups in total. The maximum absolute atomic E-state index is 13.6. The van der Waals surface area contributed by atoms with Gasteiger partial charge >= 0.3 is 6.18 Å². The Balaban J connectivity index is 1.90. The summed E-state index contributed by atoms with van der Waals surface area (Å²) in [5, 5.41) is 14.4. The van der Waals surface area contributed by atoms with Crippen LogP contribution < -0.4 is 10.6 Å². The molecule has 1 aromatic heterocycles. The highest BCUT2D eigenvalue weighted by Gasteiger charge is 2.46. The number of aromatic nitrogens is 1. The van der Waals surface area contributed by atoms with Crippen LogP contribution in [0.3, 0.4) is 0 Å². The first kappa shape index (κ1) is 26.0. The maximum atomic E-state index is 13.6. The molecule has 0 bridgehead atoms. The molecule has 0 unspecified atom stereocenters. The van der Waals surface area contributed by atoms with Crippen LogP contribution in [0.1, 0.15) is 50.5 Å². The highest BCUT2D eigenvalue weighted by Crippen LogP contribution is 2.39. The Labute approximate surface area is 198 Å². The van der Waals surface area contributed by atoms with Gasteiger partial charge in [-0.3, -0.25) is 14.4 Å². The lowest BCUT2D eigenvalue weighted by atomic mass is 9.94. The van der Waals surface area contributed by atoms with Crippen LogP contribution in [0.25, 0.3) is 0 Å². The number of halogens is 4. The van der Waals surface area contributed by atoms with Crippen LogP contribution in [0.15, 0.2) is 18.2 Å². The second-order valence-electron chi connectivity index (χ2n) is 8.47. The average molecular weight is 493 g/mol. The molecule has 35 heavy (non-hydrogen) atoms. The molecule has 0 spiro atoms. The lowest BCUT2D eigenvalue weighted by molar-refractivity contribution is -0.140. The van der Waals surface area contributed by atoms with Crippen molar-refractivity contribution in [3.63, 3.8) is 0 Å². The third-order valence-corrected chi connectivity index (χ3v) is 6.23. The molecule has 1 aliphatic carbocycles. The van der Waals surface area contributed by atoms with E-state index in [1.165, 1.54) is 25.5 Å². The normalized spacial score (nSPS) is 15.2. The Morgan fingerprint density at radius 2 is 1.86 bits per heavy atom. The molecule has 1 atom stereocenters. The minimum atomic E-state index is -4.96. The van der Waals surface area contributed by atoms with E-state index in [1.807, 2.05) is 0 Å². The minimum absolute atomic E-state index is 0.0788. The molecule has 2 amide bonds. The highest BCUT2D eigenvalue weighted by molar-refractivity contribution is 6.44. The number of anilines is 1. The summed E-state index contributed by atoms with van der Waals surface area (Å²) in [4.78, 5) is 38.6. The van der Waals surface area contributed by atoms with Gasteiger partial charge in [-0.05, 0) is 56.4 Å². The van der Waals surface area contributed by atoms with Crippen molar-refractivity contribution in [2.24, 2.45) is 13.0 Å². The predicted molar refractivity (Wildman–Crippen MR) is 118 cm³/mol. The van der Waals surface area contributed by atoms with Crippen LogP contribution in [-0.2, 0) is 18.0 Å². The molecule has 1 heterocycles. The van der Waals surface area contributed by atoms with Crippen molar-refractivity contribution in [3.05, 3.63) is 52.1 Å². The van der Waals surface area contributed by atoms with Gasteiger partial charge in [0.25, 0.3) is 17.6 Å². The van der Waals surface area contributed by atoms with E-state index in [1.54, 1.807) is 0 Å². The lowest BCUT2D eigenvalue weighted by Crippen LogP contribution is -2.54. The van der Waals surface area contributed by atoms with E-state index in [9.17, 15) is 37.1 Å². The van der Waals surface area contributed by atoms with Crippen LogP contribution in [0.4, 0.5) is 23.2 Å². The standard InChI is InChI=1S/C24H23F4N3O4/c1-5-23(11-32,14-6-7-14)30-22(35)20(33)18-12(2)19(31(4)13(18)3)21(34)29-15-8-9-17(25)16(10-15)24(26,27)28/h1,8-10,14,32H,6-7,11H2,2-4H3,(H,29,34)(H,30,35)/t23-/m0/s1. The summed E-state index contributed by atoms with van der Waals surface area (Å²) in [6, 6.07) is 2.02. The van der Waals surface area contributed by atoms with Gasteiger partial charge in [0.1, 0.15) is 17.1 Å². The number of ketones is 1. The van der Waals surface area contributed by atoms with Crippen LogP contribution in [0.2, 0.25) is 0 Å². The third-order valence-electron chi connectivity index (χ3n) is 6.23. The van der Waals surface area contributed by atoms with E-state index in [4.69, 9.17) is 6.42 Å². The summed E-state index contributed by atoms with van der Waals surface area (Å²) in [5.41, 5.74) is -3.01. The zero-order valence-corrected chi connectivity index (χ0v) is 19.1. The maximum Gasteiger partial charge on any atom is 0.419 e. The molecule has 0 radical (unpaired) electrons. The number of nitrogens with zero attached hydrogens (tertiary/aromatic N) is 1. The molecule has 7 nitrogen and oxygen atoms in total. The minimum Gasteiger partial charge on any atom is -0.393 e. The number of Topliss-reactive ketones (excluding diaryl/α,β-unsaturated/α-hetero) is 1. The number of hydrogen-bond donors (Lipinski definition) is 3. The van der Waals surface area contributed by atoms with Gasteiger partial charge in [0.2, 0.25) is 0 Å². The second kappa shape index (κ2) is 9.19. The van der Waals surface area contributed by atoms with Crippen LogP contribution in [0.5, 0.6) is 0 Å². The topological polar surface area (TPSA) is 100 Å². The fourth-order valence-electron chi connectivity index (χ4n) is 4.06. The molecule has 3 rings (SSSR count). The predicted octanol–water partition coefficient (Wildman–Crippen LogP) is 3.13. The van der Waals surface area contributed by atoms with Crippen molar-refractivity contribution in [2.75, 3.05) is 11.9 Å². The van der Waals surface area contributed by atoms with Gasteiger partial charge in [-0.15, -0.1) is 6.42 Å². The van der Waals surface area contributed by atoms with Crippen LogP contribution in [-0.4, -0.2) is 39.4 Å². The molecule has 1 aliphatic rings. The number of benzene rings is 1. The number of rotatable bonds is 7. The first-order chi connectivity index (χ1) is 16.3. The average Bonchev–Trinajstić information content (AvgIpc) is 3.60. The Hall–Kier alpha value is -3.65.